The number of nitrogens with two attached hydrogens (primary N) is 1. The Balaban J connectivity index is 1.79. The van der Waals surface area contributed by atoms with Gasteiger partial charge in [0.2, 0.25) is 0 Å². The van der Waals surface area contributed by atoms with Crippen molar-refractivity contribution in [3.63, 3.8) is 0 Å². The number of amides is 1. The van der Waals surface area contributed by atoms with E-state index in [1.165, 1.54) is 12.3 Å². The summed E-state index contributed by atoms with van der Waals surface area (Å²) in [4.78, 5) is 16.0. The molecule has 0 atom stereocenters. The Morgan fingerprint density at radius 2 is 2.18 bits per heavy atom. The van der Waals surface area contributed by atoms with Gasteiger partial charge < -0.3 is 11.1 Å². The number of hydrogen-bond donors (Lipinski definition) is 2. The quantitative estimate of drug-likeness (QED) is 0.775. The molecular formula is C15H14ClN5O. The molecule has 2 heterocycles. The van der Waals surface area contributed by atoms with E-state index in [2.05, 4.69) is 15.4 Å². The van der Waals surface area contributed by atoms with E-state index in [1.54, 1.807) is 4.68 Å². The van der Waals surface area contributed by atoms with Gasteiger partial charge in [0.05, 0.1) is 28.3 Å². The molecular weight excluding hydrogens is 302 g/mol. The third kappa shape index (κ3) is 2.60. The van der Waals surface area contributed by atoms with Crippen molar-refractivity contribution in [1.29, 1.82) is 0 Å². The molecule has 0 saturated carbocycles. The van der Waals surface area contributed by atoms with Gasteiger partial charge in [0, 0.05) is 18.6 Å². The first-order valence-corrected chi connectivity index (χ1v) is 7.04. The van der Waals surface area contributed by atoms with E-state index in [1.807, 2.05) is 31.3 Å². The predicted octanol–water partition coefficient (Wildman–Crippen LogP) is 2.13. The number of fused-ring (bicyclic) bond motifs is 1. The van der Waals surface area contributed by atoms with Crippen molar-refractivity contribution in [3.8, 4) is 0 Å². The molecule has 3 rings (SSSR count). The Morgan fingerprint density at radius 1 is 1.41 bits per heavy atom. The minimum absolute atomic E-state index is 0.203. The largest absolute Gasteiger partial charge is 0.382 e. The van der Waals surface area contributed by atoms with E-state index >= 15 is 0 Å². The van der Waals surface area contributed by atoms with Gasteiger partial charge in [-0.25, -0.2) is 4.98 Å². The molecule has 3 aromatic rings. The maximum absolute atomic E-state index is 12.1. The van der Waals surface area contributed by atoms with Crippen LogP contribution in [0.5, 0.6) is 0 Å². The van der Waals surface area contributed by atoms with Crippen LogP contribution in [0.1, 0.15) is 16.1 Å². The van der Waals surface area contributed by atoms with E-state index in [0.29, 0.717) is 12.1 Å². The van der Waals surface area contributed by atoms with Gasteiger partial charge in [0.25, 0.3) is 5.91 Å². The number of hydrogen-bond acceptors (Lipinski definition) is 4. The molecule has 0 aliphatic rings. The Bertz CT molecular complexity index is 858. The second-order valence-electron chi connectivity index (χ2n) is 4.86. The minimum Gasteiger partial charge on any atom is -0.382 e. The molecule has 1 aromatic carbocycles. The monoisotopic (exact) mass is 315 g/mol. The van der Waals surface area contributed by atoms with Crippen LogP contribution >= 0.6 is 11.6 Å². The van der Waals surface area contributed by atoms with Crippen LogP contribution in [0.3, 0.4) is 0 Å². The van der Waals surface area contributed by atoms with Crippen LogP contribution in [0, 0.1) is 0 Å². The summed E-state index contributed by atoms with van der Waals surface area (Å²) in [6.07, 6.45) is 1.40. The molecule has 0 radical (unpaired) electrons. The Hall–Kier alpha value is -2.60. The van der Waals surface area contributed by atoms with Crippen molar-refractivity contribution in [2.24, 2.45) is 7.05 Å². The van der Waals surface area contributed by atoms with E-state index in [9.17, 15) is 4.79 Å². The van der Waals surface area contributed by atoms with Gasteiger partial charge in [-0.3, -0.25) is 9.48 Å². The molecule has 7 heteroatoms. The molecule has 0 unspecified atom stereocenters. The van der Waals surface area contributed by atoms with Gasteiger partial charge >= 0.3 is 0 Å². The summed E-state index contributed by atoms with van der Waals surface area (Å²) in [7, 11) is 1.87. The zero-order valence-corrected chi connectivity index (χ0v) is 12.6. The second kappa shape index (κ2) is 5.65. The highest BCUT2D eigenvalue weighted by atomic mass is 35.5. The molecule has 0 aliphatic carbocycles. The van der Waals surface area contributed by atoms with E-state index in [0.717, 1.165) is 16.6 Å². The molecule has 22 heavy (non-hydrogen) atoms. The molecule has 0 spiro atoms. The predicted molar refractivity (Wildman–Crippen MR) is 85.5 cm³/mol. The summed E-state index contributed by atoms with van der Waals surface area (Å²) in [6.45, 7) is 0.322. The molecule has 112 valence electrons. The summed E-state index contributed by atoms with van der Waals surface area (Å²) in [6, 6.07) is 9.35. The first-order valence-electron chi connectivity index (χ1n) is 6.66. The lowest BCUT2D eigenvalue weighted by atomic mass is 10.2. The molecule has 6 nitrogen and oxygen atoms in total. The van der Waals surface area contributed by atoms with Crippen LogP contribution in [0.2, 0.25) is 5.02 Å². The number of aryl methyl sites for hydroxylation is 1. The highest BCUT2D eigenvalue weighted by molar-refractivity contribution is 6.33. The third-order valence-corrected chi connectivity index (χ3v) is 3.69. The van der Waals surface area contributed by atoms with Gasteiger partial charge in [-0.2, -0.15) is 5.10 Å². The van der Waals surface area contributed by atoms with Crippen LogP contribution in [0.15, 0.2) is 36.5 Å². The highest BCUT2D eigenvalue weighted by Gasteiger charge is 2.12. The maximum atomic E-state index is 12.1. The van der Waals surface area contributed by atoms with E-state index in [4.69, 9.17) is 17.3 Å². The van der Waals surface area contributed by atoms with Gasteiger partial charge in [-0.05, 0) is 12.1 Å². The van der Waals surface area contributed by atoms with Crippen LogP contribution in [-0.2, 0) is 13.6 Å². The fraction of sp³-hybridized carbons (Fsp3) is 0.133. The van der Waals surface area contributed by atoms with Gasteiger partial charge in [-0.15, -0.1) is 0 Å². The van der Waals surface area contributed by atoms with Crippen molar-refractivity contribution >= 4 is 34.2 Å². The molecule has 2 aromatic heterocycles. The molecule has 0 saturated heterocycles. The summed E-state index contributed by atoms with van der Waals surface area (Å²) in [5, 5.41) is 8.51. The number of nitrogen functional groups attached to an aromatic ring is 1. The molecule has 0 bridgehead atoms. The summed E-state index contributed by atoms with van der Waals surface area (Å²) < 4.78 is 1.79. The fourth-order valence-electron chi connectivity index (χ4n) is 2.26. The number of carbonyl (C=O) groups excluding carboxylic acids is 1. The van der Waals surface area contributed by atoms with Crippen molar-refractivity contribution < 1.29 is 4.79 Å². The lowest BCUT2D eigenvalue weighted by Gasteiger charge is -2.05. The highest BCUT2D eigenvalue weighted by Crippen LogP contribution is 2.18. The zero-order chi connectivity index (χ0) is 15.7. The smallest absolute Gasteiger partial charge is 0.253 e. The standard InChI is InChI=1S/C15H14ClN5O/c1-21-13-5-3-2-4-10(13)12(20-21)8-19-15(22)9-6-11(16)14(17)18-7-9/h2-7H,8H2,1H3,(H2,17,18)(H,19,22). The molecule has 3 N–H and O–H groups in total. The number of anilines is 1. The van der Waals surface area contributed by atoms with Gasteiger partial charge in [-0.1, -0.05) is 29.8 Å². The SMILES string of the molecule is Cn1nc(CNC(=O)c2cnc(N)c(Cl)c2)c2ccccc21. The number of nitrogens with one attached hydrogen (secondary N) is 1. The average molecular weight is 316 g/mol. The number of benzene rings is 1. The van der Waals surface area contributed by atoms with Crippen LogP contribution in [0.4, 0.5) is 5.82 Å². The zero-order valence-electron chi connectivity index (χ0n) is 11.9. The Kier molecular flexibility index (Phi) is 3.68. The average Bonchev–Trinajstić information content (AvgIpc) is 2.84. The normalized spacial score (nSPS) is 10.8. The number of nitrogens with zero attached hydrogens (tertiary/aromatic N) is 3. The summed E-state index contributed by atoms with van der Waals surface area (Å²) in [5.41, 5.74) is 7.72. The topological polar surface area (TPSA) is 85.8 Å². The number of pyridine rings is 1. The Morgan fingerprint density at radius 3 is 2.95 bits per heavy atom. The number of para-hydroxylation sites is 1. The number of rotatable bonds is 3. The van der Waals surface area contributed by atoms with Crippen molar-refractivity contribution in [1.82, 2.24) is 20.1 Å². The van der Waals surface area contributed by atoms with Gasteiger partial charge in [0.1, 0.15) is 5.82 Å². The molecule has 0 aliphatic heterocycles. The van der Waals surface area contributed by atoms with Crippen molar-refractivity contribution in [3.05, 3.63) is 52.8 Å². The fourth-order valence-corrected chi connectivity index (χ4v) is 2.42. The van der Waals surface area contributed by atoms with Gasteiger partial charge in [0.15, 0.2) is 0 Å². The summed E-state index contributed by atoms with van der Waals surface area (Å²) in [5.74, 6) is -0.0712. The Labute approximate surface area is 131 Å². The first kappa shape index (κ1) is 14.3. The minimum atomic E-state index is -0.274. The maximum Gasteiger partial charge on any atom is 0.253 e. The molecule has 0 fully saturated rings. The van der Waals surface area contributed by atoms with Crippen molar-refractivity contribution in [2.45, 2.75) is 6.54 Å². The van der Waals surface area contributed by atoms with Crippen molar-refractivity contribution in [2.75, 3.05) is 5.73 Å². The lowest BCUT2D eigenvalue weighted by molar-refractivity contribution is 0.0950. The number of aromatic nitrogens is 3. The molecule has 1 amide bonds. The number of carbonyl (C=O) groups is 1. The van der Waals surface area contributed by atoms with Crippen LogP contribution in [0.25, 0.3) is 10.9 Å². The van der Waals surface area contributed by atoms with Crippen LogP contribution in [-0.4, -0.2) is 20.7 Å². The van der Waals surface area contributed by atoms with E-state index < -0.39 is 0 Å². The van der Waals surface area contributed by atoms with E-state index in [-0.39, 0.29) is 16.7 Å². The second-order valence-corrected chi connectivity index (χ2v) is 5.27. The number of halogens is 1. The lowest BCUT2D eigenvalue weighted by Crippen LogP contribution is -2.23. The first-order chi connectivity index (χ1) is 10.6. The summed E-state index contributed by atoms with van der Waals surface area (Å²) >= 11 is 5.87. The van der Waals surface area contributed by atoms with Crippen LogP contribution < -0.4 is 11.1 Å². The third-order valence-electron chi connectivity index (χ3n) is 3.38.